The van der Waals surface area contributed by atoms with Crippen LogP contribution in [0.2, 0.25) is 5.02 Å². The Morgan fingerprint density at radius 3 is 2.50 bits per heavy atom. The molecule has 0 radical (unpaired) electrons. The summed E-state index contributed by atoms with van der Waals surface area (Å²) in [6, 6.07) is 9.74. The van der Waals surface area contributed by atoms with Crippen molar-refractivity contribution in [3.63, 3.8) is 0 Å². The number of nitrogens with zero attached hydrogens (tertiary/aromatic N) is 1. The Kier molecular flexibility index (Phi) is 3.77. The minimum atomic E-state index is -0.609. The summed E-state index contributed by atoms with van der Waals surface area (Å²) in [7, 11) is 0. The van der Waals surface area contributed by atoms with Crippen LogP contribution in [0.3, 0.4) is 0 Å². The molecule has 3 rings (SSSR count). The van der Waals surface area contributed by atoms with Crippen LogP contribution in [0.1, 0.15) is 17.0 Å². The van der Waals surface area contributed by atoms with Gasteiger partial charge in [-0.1, -0.05) is 23.7 Å². The second kappa shape index (κ2) is 5.73. The molecular formula is C15H12ClNO5. The third-order valence-electron chi connectivity index (χ3n) is 3.50. The van der Waals surface area contributed by atoms with Crippen LogP contribution < -0.4 is 9.47 Å². The Bertz CT molecular complexity index is 717. The summed E-state index contributed by atoms with van der Waals surface area (Å²) in [5.41, 5.74) is 1.11. The third-order valence-corrected chi connectivity index (χ3v) is 3.75. The maximum Gasteiger partial charge on any atom is 0.231 e. The van der Waals surface area contributed by atoms with Crippen molar-refractivity contribution in [3.8, 4) is 17.2 Å². The molecule has 1 heterocycles. The summed E-state index contributed by atoms with van der Waals surface area (Å²) in [6.07, 6.45) is 0. The number of aromatic hydroxyl groups is 1. The second-order valence-corrected chi connectivity index (χ2v) is 5.32. The van der Waals surface area contributed by atoms with Crippen molar-refractivity contribution in [2.24, 2.45) is 0 Å². The minimum Gasteiger partial charge on any atom is -0.507 e. The van der Waals surface area contributed by atoms with E-state index in [0.717, 1.165) is 0 Å². The number of hydrogen-bond donors (Lipinski definition) is 1. The highest BCUT2D eigenvalue weighted by Crippen LogP contribution is 2.42. The maximum absolute atomic E-state index is 11.0. The Morgan fingerprint density at radius 1 is 1.23 bits per heavy atom. The zero-order valence-corrected chi connectivity index (χ0v) is 12.1. The molecule has 0 aliphatic carbocycles. The van der Waals surface area contributed by atoms with Crippen molar-refractivity contribution >= 4 is 11.6 Å². The molecule has 6 nitrogen and oxygen atoms in total. The number of phenols is 1. The van der Waals surface area contributed by atoms with Crippen molar-refractivity contribution < 1.29 is 19.5 Å². The van der Waals surface area contributed by atoms with Crippen molar-refractivity contribution in [2.45, 2.75) is 5.92 Å². The lowest BCUT2D eigenvalue weighted by Gasteiger charge is -2.16. The fourth-order valence-corrected chi connectivity index (χ4v) is 2.58. The number of benzene rings is 2. The van der Waals surface area contributed by atoms with Gasteiger partial charge in [-0.15, -0.1) is 0 Å². The van der Waals surface area contributed by atoms with Crippen molar-refractivity contribution in [1.82, 2.24) is 0 Å². The molecule has 7 heteroatoms. The lowest BCUT2D eigenvalue weighted by atomic mass is 9.90. The van der Waals surface area contributed by atoms with Gasteiger partial charge >= 0.3 is 0 Å². The molecule has 1 aliphatic heterocycles. The quantitative estimate of drug-likeness (QED) is 0.691. The Labute approximate surface area is 131 Å². The topological polar surface area (TPSA) is 81.8 Å². The predicted molar refractivity (Wildman–Crippen MR) is 79.4 cm³/mol. The van der Waals surface area contributed by atoms with E-state index in [9.17, 15) is 15.2 Å². The molecule has 0 unspecified atom stereocenters. The number of ether oxygens (including phenoxy) is 2. The summed E-state index contributed by atoms with van der Waals surface area (Å²) < 4.78 is 10.5. The summed E-state index contributed by atoms with van der Waals surface area (Å²) in [5, 5.41) is 21.7. The molecule has 0 spiro atoms. The van der Waals surface area contributed by atoms with E-state index < -0.39 is 10.8 Å². The Morgan fingerprint density at radius 2 is 1.86 bits per heavy atom. The van der Waals surface area contributed by atoms with Crippen molar-refractivity contribution in [1.29, 1.82) is 0 Å². The number of fused-ring (bicyclic) bond motifs is 1. The summed E-state index contributed by atoms with van der Waals surface area (Å²) in [6.45, 7) is -0.284. The monoisotopic (exact) mass is 321 g/mol. The lowest BCUT2D eigenvalue weighted by molar-refractivity contribution is -0.481. The van der Waals surface area contributed by atoms with Crippen molar-refractivity contribution in [2.75, 3.05) is 13.3 Å². The summed E-state index contributed by atoms with van der Waals surface area (Å²) >= 11 is 5.86. The first-order chi connectivity index (χ1) is 10.5. The Balaban J connectivity index is 2.06. The van der Waals surface area contributed by atoms with Crippen LogP contribution in [-0.4, -0.2) is 23.4 Å². The van der Waals surface area contributed by atoms with Gasteiger partial charge in [0.25, 0.3) is 0 Å². The van der Waals surface area contributed by atoms with Gasteiger partial charge in [0, 0.05) is 21.6 Å². The molecule has 0 aromatic heterocycles. The number of rotatable bonds is 4. The van der Waals surface area contributed by atoms with E-state index in [1.807, 2.05) is 0 Å². The molecule has 1 atom stereocenters. The van der Waals surface area contributed by atoms with Crippen LogP contribution in [0.15, 0.2) is 36.4 Å². The second-order valence-electron chi connectivity index (χ2n) is 4.88. The summed E-state index contributed by atoms with van der Waals surface area (Å²) in [4.78, 5) is 10.6. The number of halogens is 1. The molecule has 0 saturated carbocycles. The average molecular weight is 322 g/mol. The third kappa shape index (κ3) is 2.78. The van der Waals surface area contributed by atoms with Gasteiger partial charge in [-0.05, 0) is 23.8 Å². The average Bonchev–Trinajstić information content (AvgIpc) is 2.92. The highest BCUT2D eigenvalue weighted by molar-refractivity contribution is 6.30. The first kappa shape index (κ1) is 14.5. The Hall–Kier alpha value is -2.47. The first-order valence-electron chi connectivity index (χ1n) is 6.54. The van der Waals surface area contributed by atoms with Crippen LogP contribution in [0, 0.1) is 10.1 Å². The standard InChI is InChI=1S/C15H12ClNO5/c16-10-3-1-9(2-4-10)12(7-17(19)20)11-5-14-15(6-13(11)18)22-8-21-14/h1-6,12,18H,7-8H2/t12-/m0/s1. The number of hydrogen-bond acceptors (Lipinski definition) is 5. The molecular weight excluding hydrogens is 310 g/mol. The molecule has 1 N–H and O–H groups in total. The van der Waals surface area contributed by atoms with E-state index in [2.05, 4.69) is 0 Å². The molecule has 0 bridgehead atoms. The smallest absolute Gasteiger partial charge is 0.231 e. The molecule has 2 aromatic carbocycles. The first-order valence-corrected chi connectivity index (χ1v) is 6.92. The highest BCUT2D eigenvalue weighted by atomic mass is 35.5. The van der Waals surface area contributed by atoms with E-state index in [4.69, 9.17) is 21.1 Å². The van der Waals surface area contributed by atoms with Gasteiger partial charge in [-0.2, -0.15) is 0 Å². The van der Waals surface area contributed by atoms with E-state index in [0.29, 0.717) is 27.6 Å². The van der Waals surface area contributed by atoms with Gasteiger partial charge in [0.2, 0.25) is 13.3 Å². The zero-order valence-electron chi connectivity index (χ0n) is 11.4. The van der Waals surface area contributed by atoms with Crippen LogP contribution in [0.4, 0.5) is 0 Å². The SMILES string of the molecule is O=[N+]([O-])C[C@@H](c1ccc(Cl)cc1)c1cc2c(cc1O)OCO2. The van der Waals surface area contributed by atoms with Gasteiger partial charge in [0.1, 0.15) is 5.75 Å². The molecule has 0 fully saturated rings. The summed E-state index contributed by atoms with van der Waals surface area (Å²) in [5.74, 6) is 0.222. The predicted octanol–water partition coefficient (Wildman–Crippen LogP) is 3.18. The van der Waals surface area contributed by atoms with Crippen LogP contribution in [-0.2, 0) is 0 Å². The van der Waals surface area contributed by atoms with Crippen molar-refractivity contribution in [3.05, 3.63) is 62.7 Å². The van der Waals surface area contributed by atoms with Crippen LogP contribution >= 0.6 is 11.6 Å². The van der Waals surface area contributed by atoms with Gasteiger partial charge in [0.15, 0.2) is 11.5 Å². The molecule has 1 aliphatic rings. The fraction of sp³-hybridized carbons (Fsp3) is 0.200. The fourth-order valence-electron chi connectivity index (χ4n) is 2.45. The zero-order chi connectivity index (χ0) is 15.7. The van der Waals surface area contributed by atoms with E-state index >= 15 is 0 Å². The van der Waals surface area contributed by atoms with Crippen LogP contribution in [0.5, 0.6) is 17.2 Å². The van der Waals surface area contributed by atoms with Gasteiger partial charge in [-0.25, -0.2) is 0 Å². The highest BCUT2D eigenvalue weighted by Gasteiger charge is 2.26. The molecule has 114 valence electrons. The largest absolute Gasteiger partial charge is 0.507 e. The van der Waals surface area contributed by atoms with E-state index in [-0.39, 0.29) is 19.1 Å². The number of phenolic OH excluding ortho intramolecular Hbond substituents is 1. The molecule has 22 heavy (non-hydrogen) atoms. The van der Waals surface area contributed by atoms with Gasteiger partial charge < -0.3 is 14.6 Å². The normalized spacial score (nSPS) is 13.9. The van der Waals surface area contributed by atoms with E-state index in [1.54, 1.807) is 30.3 Å². The molecule has 2 aromatic rings. The lowest BCUT2D eigenvalue weighted by Crippen LogP contribution is -2.14. The van der Waals surface area contributed by atoms with Gasteiger partial charge in [0.05, 0.1) is 5.92 Å². The maximum atomic E-state index is 11.0. The van der Waals surface area contributed by atoms with E-state index in [1.165, 1.54) is 6.07 Å². The van der Waals surface area contributed by atoms with Gasteiger partial charge in [-0.3, -0.25) is 10.1 Å². The minimum absolute atomic E-state index is 0.0638. The molecule has 0 amide bonds. The molecule has 0 saturated heterocycles. The van der Waals surface area contributed by atoms with Crippen LogP contribution in [0.25, 0.3) is 0 Å². The number of nitro groups is 1.